The average Bonchev–Trinajstić information content (AvgIpc) is 3.63. The van der Waals surface area contributed by atoms with Crippen LogP contribution in [-0.2, 0) is 0 Å². The van der Waals surface area contributed by atoms with Gasteiger partial charge in [-0.05, 0) is 74.2 Å². The van der Waals surface area contributed by atoms with Crippen molar-refractivity contribution in [3.05, 3.63) is 59.9 Å². The van der Waals surface area contributed by atoms with Crippen LogP contribution in [0.3, 0.4) is 0 Å². The van der Waals surface area contributed by atoms with Crippen LogP contribution in [-0.4, -0.2) is 37.2 Å². The first-order valence-corrected chi connectivity index (χ1v) is 15.4. The van der Waals surface area contributed by atoms with Crippen LogP contribution in [0.1, 0.15) is 50.7 Å². The van der Waals surface area contributed by atoms with Gasteiger partial charge in [-0.15, -0.1) is 20.5 Å². The summed E-state index contributed by atoms with van der Waals surface area (Å²) in [7, 11) is 4.25. The number of aromatic nitrogens is 2. The van der Waals surface area contributed by atoms with Crippen LogP contribution in [0.2, 0.25) is 0 Å². The maximum Gasteiger partial charge on any atom is 0.230 e. The lowest BCUT2D eigenvalue weighted by Gasteiger charge is -2.19. The van der Waals surface area contributed by atoms with E-state index < -0.39 is 0 Å². The SMILES string of the molecule is CCCCN(C)c1ccc(/N=N/c2ncc(-c3cnc(/N=N/c4ccc(N(C)CCCC)cc4C)s3)s2)c(C)c1. The zero-order chi connectivity index (χ0) is 28.5. The van der Waals surface area contributed by atoms with Gasteiger partial charge in [-0.25, -0.2) is 9.97 Å². The van der Waals surface area contributed by atoms with Crippen molar-refractivity contribution in [3.63, 3.8) is 0 Å². The minimum absolute atomic E-state index is 0.606. The first-order chi connectivity index (χ1) is 19.4. The third-order valence-electron chi connectivity index (χ3n) is 6.65. The Hall–Kier alpha value is -3.50. The van der Waals surface area contributed by atoms with E-state index in [-0.39, 0.29) is 0 Å². The van der Waals surface area contributed by atoms with E-state index >= 15 is 0 Å². The van der Waals surface area contributed by atoms with Crippen molar-refractivity contribution in [2.24, 2.45) is 20.5 Å². The molecular formula is C30H38N8S2. The van der Waals surface area contributed by atoms with Crippen molar-refractivity contribution in [2.45, 2.75) is 53.4 Å². The number of hydrogen-bond donors (Lipinski definition) is 0. The van der Waals surface area contributed by atoms with Gasteiger partial charge in [0.25, 0.3) is 0 Å². The fourth-order valence-electron chi connectivity index (χ4n) is 4.07. The van der Waals surface area contributed by atoms with Gasteiger partial charge in [0.05, 0.1) is 21.1 Å². The van der Waals surface area contributed by atoms with E-state index in [0.29, 0.717) is 10.3 Å². The number of anilines is 2. The van der Waals surface area contributed by atoms with Gasteiger partial charge in [-0.1, -0.05) is 49.4 Å². The van der Waals surface area contributed by atoms with Crippen LogP contribution in [0.25, 0.3) is 9.75 Å². The summed E-state index contributed by atoms with van der Waals surface area (Å²) in [4.78, 5) is 15.4. The van der Waals surface area contributed by atoms with Crippen LogP contribution in [0.5, 0.6) is 0 Å². The molecule has 8 nitrogen and oxygen atoms in total. The molecular weight excluding hydrogens is 537 g/mol. The Kier molecular flexibility index (Phi) is 10.5. The first-order valence-electron chi connectivity index (χ1n) is 13.8. The maximum absolute atomic E-state index is 4.46. The van der Waals surface area contributed by atoms with Gasteiger partial charge in [0.1, 0.15) is 0 Å². The molecule has 210 valence electrons. The zero-order valence-electron chi connectivity index (χ0n) is 24.3. The molecule has 2 aromatic heterocycles. The topological polar surface area (TPSA) is 81.7 Å². The molecule has 0 unspecified atom stereocenters. The van der Waals surface area contributed by atoms with Crippen molar-refractivity contribution >= 4 is 55.7 Å². The van der Waals surface area contributed by atoms with Gasteiger partial charge in [0, 0.05) is 51.0 Å². The predicted molar refractivity (Wildman–Crippen MR) is 170 cm³/mol. The Morgan fingerprint density at radius 1 is 0.650 bits per heavy atom. The van der Waals surface area contributed by atoms with E-state index in [1.807, 2.05) is 24.5 Å². The van der Waals surface area contributed by atoms with Gasteiger partial charge in [-0.3, -0.25) is 0 Å². The third kappa shape index (κ3) is 7.79. The standard InChI is InChI=1S/C30H38N8S2/c1-7-9-15-37(5)23-11-13-25(21(3)17-23)33-35-29-31-19-27(39-29)28-20-32-30(40-28)36-34-26-14-12-24(18-22(26)4)38(6)16-10-8-2/h11-14,17-20H,7-10,15-16H2,1-6H3/b35-33+,36-34+. The Bertz CT molecular complexity index is 1350. The molecule has 0 saturated carbocycles. The van der Waals surface area contributed by atoms with E-state index in [2.05, 4.69) is 106 Å². The summed E-state index contributed by atoms with van der Waals surface area (Å²) in [5.74, 6) is 0. The second-order valence-electron chi connectivity index (χ2n) is 9.91. The Balaban J connectivity index is 1.39. The number of thiazole rings is 2. The molecule has 2 aromatic carbocycles. The fraction of sp³-hybridized carbons (Fsp3) is 0.400. The summed E-state index contributed by atoms with van der Waals surface area (Å²) in [5, 5.41) is 18.9. The molecule has 0 fully saturated rings. The molecule has 4 rings (SSSR count). The largest absolute Gasteiger partial charge is 0.375 e. The molecule has 2 heterocycles. The molecule has 4 aromatic rings. The molecule has 0 atom stereocenters. The van der Waals surface area contributed by atoms with Crippen LogP contribution >= 0.6 is 22.7 Å². The first kappa shape index (κ1) is 29.5. The van der Waals surface area contributed by atoms with E-state index in [1.165, 1.54) is 59.7 Å². The number of azo groups is 2. The molecule has 0 amide bonds. The van der Waals surface area contributed by atoms with Gasteiger partial charge in [-0.2, -0.15) is 0 Å². The minimum Gasteiger partial charge on any atom is -0.375 e. The summed E-state index contributed by atoms with van der Waals surface area (Å²) in [6.07, 6.45) is 8.35. The third-order valence-corrected chi connectivity index (χ3v) is 8.61. The average molecular weight is 575 g/mol. The monoisotopic (exact) mass is 574 g/mol. The second-order valence-corrected chi connectivity index (χ2v) is 11.9. The summed E-state index contributed by atoms with van der Waals surface area (Å²) in [6, 6.07) is 12.6. The van der Waals surface area contributed by atoms with E-state index in [0.717, 1.165) is 45.3 Å². The highest BCUT2D eigenvalue weighted by atomic mass is 32.1. The van der Waals surface area contributed by atoms with Crippen LogP contribution in [0, 0.1) is 13.8 Å². The smallest absolute Gasteiger partial charge is 0.230 e. The quantitative estimate of drug-likeness (QED) is 0.149. The summed E-state index contributed by atoms with van der Waals surface area (Å²) < 4.78 is 0. The van der Waals surface area contributed by atoms with Crippen LogP contribution in [0.15, 0.2) is 69.2 Å². The molecule has 0 aliphatic carbocycles. The summed E-state index contributed by atoms with van der Waals surface area (Å²) >= 11 is 2.96. The van der Waals surface area contributed by atoms with Gasteiger partial charge >= 0.3 is 0 Å². The number of benzene rings is 2. The van der Waals surface area contributed by atoms with Crippen molar-refractivity contribution in [2.75, 3.05) is 37.0 Å². The summed E-state index contributed by atoms with van der Waals surface area (Å²) in [5.41, 5.74) is 6.27. The molecule has 0 saturated heterocycles. The number of nitrogens with zero attached hydrogens (tertiary/aromatic N) is 8. The normalized spacial score (nSPS) is 11.7. The van der Waals surface area contributed by atoms with Crippen LogP contribution < -0.4 is 9.80 Å². The Morgan fingerprint density at radius 2 is 1.07 bits per heavy atom. The molecule has 40 heavy (non-hydrogen) atoms. The lowest BCUT2D eigenvalue weighted by atomic mass is 10.1. The van der Waals surface area contributed by atoms with Crippen molar-refractivity contribution in [1.29, 1.82) is 0 Å². The summed E-state index contributed by atoms with van der Waals surface area (Å²) in [6.45, 7) is 10.6. The van der Waals surface area contributed by atoms with Crippen molar-refractivity contribution in [1.82, 2.24) is 9.97 Å². The number of hydrogen-bond acceptors (Lipinski definition) is 10. The van der Waals surface area contributed by atoms with Crippen molar-refractivity contribution in [3.8, 4) is 9.75 Å². The highest BCUT2D eigenvalue weighted by Crippen LogP contribution is 2.38. The molecule has 10 heteroatoms. The maximum atomic E-state index is 4.46. The zero-order valence-corrected chi connectivity index (χ0v) is 25.9. The van der Waals surface area contributed by atoms with Gasteiger partial charge in [0.2, 0.25) is 10.3 Å². The number of aryl methyl sites for hydroxylation is 2. The second kappa shape index (κ2) is 14.2. The Labute approximate surface area is 245 Å². The van der Waals surface area contributed by atoms with E-state index in [9.17, 15) is 0 Å². The van der Waals surface area contributed by atoms with Crippen LogP contribution in [0.4, 0.5) is 33.0 Å². The van der Waals surface area contributed by atoms with Crippen molar-refractivity contribution < 1.29 is 0 Å². The number of rotatable bonds is 13. The van der Waals surface area contributed by atoms with E-state index in [1.54, 1.807) is 0 Å². The molecule has 0 aliphatic heterocycles. The lowest BCUT2D eigenvalue weighted by Crippen LogP contribution is -2.18. The molecule has 0 bridgehead atoms. The minimum atomic E-state index is 0.606. The lowest BCUT2D eigenvalue weighted by molar-refractivity contribution is 0.766. The Morgan fingerprint density at radius 3 is 1.45 bits per heavy atom. The molecule has 0 aliphatic rings. The molecule has 0 N–H and O–H groups in total. The van der Waals surface area contributed by atoms with E-state index in [4.69, 9.17) is 0 Å². The molecule has 0 spiro atoms. The molecule has 0 radical (unpaired) electrons. The van der Waals surface area contributed by atoms with Gasteiger partial charge < -0.3 is 9.80 Å². The highest BCUT2D eigenvalue weighted by molar-refractivity contribution is 7.25. The fourth-order valence-corrected chi connectivity index (χ4v) is 5.61. The number of unbranched alkanes of at least 4 members (excludes halogenated alkanes) is 2. The highest BCUT2D eigenvalue weighted by Gasteiger charge is 2.10. The van der Waals surface area contributed by atoms with Gasteiger partial charge in [0.15, 0.2) is 0 Å². The predicted octanol–water partition coefficient (Wildman–Crippen LogP) is 10.2.